The van der Waals surface area contributed by atoms with Crippen LogP contribution in [-0.2, 0) is 0 Å². The van der Waals surface area contributed by atoms with Crippen LogP contribution >= 0.6 is 15.9 Å². The van der Waals surface area contributed by atoms with Gasteiger partial charge in [0.1, 0.15) is 5.75 Å². The average molecular weight is 238 g/mol. The molecule has 0 atom stereocenters. The number of aryl methyl sites for hydroxylation is 1. The molecule has 0 saturated carbocycles. The summed E-state index contributed by atoms with van der Waals surface area (Å²) in [7, 11) is 0. The first-order valence-corrected chi connectivity index (χ1v) is 4.71. The molecule has 0 bridgehead atoms. The number of pyridine rings is 1. The zero-order valence-corrected chi connectivity index (χ0v) is 8.67. The highest BCUT2D eigenvalue weighted by molar-refractivity contribution is 9.10. The van der Waals surface area contributed by atoms with E-state index in [9.17, 15) is 5.11 Å². The smallest absolute Gasteiger partial charge is 0.144 e. The van der Waals surface area contributed by atoms with Gasteiger partial charge in [0.25, 0.3) is 0 Å². The number of fused-ring (bicyclic) bond motifs is 1. The van der Waals surface area contributed by atoms with E-state index in [1.54, 1.807) is 13.1 Å². The topological polar surface area (TPSA) is 33.1 Å². The van der Waals surface area contributed by atoms with Crippen molar-refractivity contribution in [3.8, 4) is 5.75 Å². The van der Waals surface area contributed by atoms with Gasteiger partial charge in [0.2, 0.25) is 0 Å². The lowest BCUT2D eigenvalue weighted by Gasteiger charge is -2.03. The first-order chi connectivity index (χ1) is 6.18. The zero-order chi connectivity index (χ0) is 9.42. The van der Waals surface area contributed by atoms with Crippen molar-refractivity contribution in [2.75, 3.05) is 0 Å². The van der Waals surface area contributed by atoms with Gasteiger partial charge in [-0.05, 0) is 19.1 Å². The maximum Gasteiger partial charge on any atom is 0.144 e. The number of nitrogens with zero attached hydrogens (tertiary/aromatic N) is 1. The Morgan fingerprint density at radius 2 is 2.15 bits per heavy atom. The summed E-state index contributed by atoms with van der Waals surface area (Å²) in [6.45, 7) is 1.79. The van der Waals surface area contributed by atoms with Gasteiger partial charge in [-0.25, -0.2) is 0 Å². The molecule has 1 N–H and O–H groups in total. The molecule has 1 heterocycles. The number of aromatic hydroxyl groups is 1. The monoisotopic (exact) mass is 237 g/mol. The van der Waals surface area contributed by atoms with Crippen LogP contribution in [0.15, 0.2) is 28.9 Å². The van der Waals surface area contributed by atoms with Crippen molar-refractivity contribution < 1.29 is 5.11 Å². The quantitative estimate of drug-likeness (QED) is 0.765. The Kier molecular flexibility index (Phi) is 1.96. The van der Waals surface area contributed by atoms with E-state index >= 15 is 0 Å². The molecule has 2 nitrogen and oxygen atoms in total. The van der Waals surface area contributed by atoms with E-state index in [1.807, 2.05) is 18.2 Å². The summed E-state index contributed by atoms with van der Waals surface area (Å²) in [5, 5.41) is 11.5. The van der Waals surface area contributed by atoms with Crippen LogP contribution < -0.4 is 0 Å². The largest absolute Gasteiger partial charge is 0.505 e. The van der Waals surface area contributed by atoms with Crippen molar-refractivity contribution in [2.45, 2.75) is 6.92 Å². The second kappa shape index (κ2) is 3.00. The van der Waals surface area contributed by atoms with Gasteiger partial charge in [0.15, 0.2) is 0 Å². The Hall–Kier alpha value is -1.09. The minimum atomic E-state index is 0.263. The van der Waals surface area contributed by atoms with Crippen molar-refractivity contribution in [1.29, 1.82) is 0 Å². The number of aromatic nitrogens is 1. The van der Waals surface area contributed by atoms with Crippen LogP contribution in [0.2, 0.25) is 0 Å². The molecule has 0 aliphatic rings. The molecule has 0 spiro atoms. The third-order valence-electron chi connectivity index (χ3n) is 2.01. The van der Waals surface area contributed by atoms with Gasteiger partial charge >= 0.3 is 0 Å². The Bertz CT molecular complexity index is 462. The fraction of sp³-hybridized carbons (Fsp3) is 0.100. The van der Waals surface area contributed by atoms with E-state index in [0.717, 1.165) is 15.2 Å². The molecule has 1 aromatic carbocycles. The van der Waals surface area contributed by atoms with Crippen LogP contribution in [0, 0.1) is 6.92 Å². The third kappa shape index (κ3) is 1.40. The summed E-state index contributed by atoms with van der Waals surface area (Å²) in [5.74, 6) is 0.263. The lowest BCUT2D eigenvalue weighted by molar-refractivity contribution is 0.474. The molecule has 1 aromatic heterocycles. The number of halogens is 1. The van der Waals surface area contributed by atoms with Gasteiger partial charge in [-0.15, -0.1) is 0 Å². The molecule has 0 radical (unpaired) electrons. The van der Waals surface area contributed by atoms with E-state index in [0.29, 0.717) is 5.69 Å². The molecule has 0 aliphatic carbocycles. The van der Waals surface area contributed by atoms with Crippen molar-refractivity contribution in [2.24, 2.45) is 0 Å². The number of hydrogen-bond acceptors (Lipinski definition) is 2. The van der Waals surface area contributed by atoms with E-state index in [-0.39, 0.29) is 5.75 Å². The van der Waals surface area contributed by atoms with Gasteiger partial charge in [-0.1, -0.05) is 22.0 Å². The molecule has 0 amide bonds. The highest BCUT2D eigenvalue weighted by atomic mass is 79.9. The van der Waals surface area contributed by atoms with Crippen LogP contribution in [0.4, 0.5) is 0 Å². The van der Waals surface area contributed by atoms with Crippen LogP contribution in [-0.4, -0.2) is 10.1 Å². The molecule has 2 rings (SSSR count). The lowest BCUT2D eigenvalue weighted by Crippen LogP contribution is -1.83. The number of rotatable bonds is 0. The molecule has 0 fully saturated rings. The zero-order valence-electron chi connectivity index (χ0n) is 7.08. The minimum Gasteiger partial charge on any atom is -0.505 e. The minimum absolute atomic E-state index is 0.263. The van der Waals surface area contributed by atoms with Gasteiger partial charge in [-0.2, -0.15) is 0 Å². The first-order valence-electron chi connectivity index (χ1n) is 3.92. The molecule has 2 aromatic rings. The molecule has 13 heavy (non-hydrogen) atoms. The second-order valence-corrected chi connectivity index (χ2v) is 3.84. The summed E-state index contributed by atoms with van der Waals surface area (Å²) >= 11 is 3.36. The fourth-order valence-electron chi connectivity index (χ4n) is 1.27. The van der Waals surface area contributed by atoms with Crippen molar-refractivity contribution >= 4 is 26.7 Å². The van der Waals surface area contributed by atoms with Gasteiger partial charge < -0.3 is 5.11 Å². The van der Waals surface area contributed by atoms with Crippen LogP contribution in [0.3, 0.4) is 0 Å². The maximum atomic E-state index is 9.70. The molecule has 3 heteroatoms. The Morgan fingerprint density at radius 3 is 2.92 bits per heavy atom. The molecule has 0 saturated heterocycles. The van der Waals surface area contributed by atoms with Crippen molar-refractivity contribution in [1.82, 2.24) is 4.98 Å². The molecular formula is C10H8BrNO. The standard InChI is InChI=1S/C10H8BrNO/c1-6-10(13)9-4-8(11)3-2-7(9)5-12-6/h2-5,13H,1H3. The average Bonchev–Trinajstić information content (AvgIpc) is 2.12. The molecular weight excluding hydrogens is 230 g/mol. The van der Waals surface area contributed by atoms with Gasteiger partial charge in [0.05, 0.1) is 5.69 Å². The van der Waals surface area contributed by atoms with Crippen molar-refractivity contribution in [3.63, 3.8) is 0 Å². The predicted molar refractivity (Wildman–Crippen MR) is 55.8 cm³/mol. The maximum absolute atomic E-state index is 9.70. The normalized spacial score (nSPS) is 10.6. The van der Waals surface area contributed by atoms with E-state index in [1.165, 1.54) is 0 Å². The van der Waals surface area contributed by atoms with Crippen molar-refractivity contribution in [3.05, 3.63) is 34.6 Å². The molecule has 0 aliphatic heterocycles. The summed E-state index contributed by atoms with van der Waals surface area (Å²) in [4.78, 5) is 4.07. The summed E-state index contributed by atoms with van der Waals surface area (Å²) in [6.07, 6.45) is 1.76. The Morgan fingerprint density at radius 1 is 1.38 bits per heavy atom. The number of benzene rings is 1. The summed E-state index contributed by atoms with van der Waals surface area (Å²) < 4.78 is 0.959. The highest BCUT2D eigenvalue weighted by Gasteiger charge is 2.03. The molecule has 66 valence electrons. The fourth-order valence-corrected chi connectivity index (χ4v) is 1.63. The lowest BCUT2D eigenvalue weighted by atomic mass is 10.1. The first kappa shape index (κ1) is 8.51. The van der Waals surface area contributed by atoms with E-state index in [2.05, 4.69) is 20.9 Å². The van der Waals surface area contributed by atoms with Crippen LogP contribution in [0.5, 0.6) is 5.75 Å². The molecule has 0 unspecified atom stereocenters. The summed E-state index contributed by atoms with van der Waals surface area (Å²) in [6, 6.07) is 5.74. The van der Waals surface area contributed by atoms with Crippen LogP contribution in [0.25, 0.3) is 10.8 Å². The van der Waals surface area contributed by atoms with E-state index < -0.39 is 0 Å². The predicted octanol–water partition coefficient (Wildman–Crippen LogP) is 3.01. The Labute approximate surface area is 84.4 Å². The van der Waals surface area contributed by atoms with E-state index in [4.69, 9.17) is 0 Å². The van der Waals surface area contributed by atoms with Crippen LogP contribution in [0.1, 0.15) is 5.69 Å². The highest BCUT2D eigenvalue weighted by Crippen LogP contribution is 2.28. The Balaban J connectivity index is 2.89. The second-order valence-electron chi connectivity index (χ2n) is 2.92. The number of hydrogen-bond donors (Lipinski definition) is 1. The summed E-state index contributed by atoms with van der Waals surface area (Å²) in [5.41, 5.74) is 0.658. The van der Waals surface area contributed by atoms with Gasteiger partial charge in [-0.3, -0.25) is 4.98 Å². The van der Waals surface area contributed by atoms with Gasteiger partial charge in [0, 0.05) is 21.4 Å². The third-order valence-corrected chi connectivity index (χ3v) is 2.50. The SMILES string of the molecule is Cc1ncc2ccc(Br)cc2c1O.